The van der Waals surface area contributed by atoms with Crippen LogP contribution in [-0.4, -0.2) is 65.5 Å². The summed E-state index contributed by atoms with van der Waals surface area (Å²) in [6, 6.07) is -2.05. The maximum Gasteiger partial charge on any atom is 0.323 e. The van der Waals surface area contributed by atoms with Crippen LogP contribution in [0, 0.1) is 6.92 Å². The molecule has 137 valence electrons. The molecule has 2 N–H and O–H groups in total. The number of nitrogens with zero attached hydrogens (tertiary/aromatic N) is 1. The molecule has 1 amide bonds. The Morgan fingerprint density at radius 2 is 1.92 bits per heavy atom. The van der Waals surface area contributed by atoms with Crippen LogP contribution >= 0.6 is 11.8 Å². The van der Waals surface area contributed by atoms with E-state index in [9.17, 15) is 18.0 Å². The van der Waals surface area contributed by atoms with Crippen molar-refractivity contribution >= 4 is 40.5 Å². The van der Waals surface area contributed by atoms with Crippen LogP contribution in [0.15, 0.2) is 0 Å². The van der Waals surface area contributed by atoms with Crippen molar-refractivity contribution in [3.05, 3.63) is 6.92 Å². The number of rotatable bonds is 5. The topological polar surface area (TPSA) is 121 Å². The molecule has 1 heterocycles. The second kappa shape index (κ2) is 12.1. The number of thioether (sulfide) groups is 1. The third-order valence-electron chi connectivity index (χ3n) is 3.09. The molecule has 8 nitrogen and oxygen atoms in total. The van der Waals surface area contributed by atoms with Gasteiger partial charge in [-0.3, -0.25) is 16.4 Å². The fourth-order valence-corrected chi connectivity index (χ4v) is 4.71. The van der Waals surface area contributed by atoms with Crippen LogP contribution in [0.25, 0.3) is 0 Å². The first-order chi connectivity index (χ1) is 10.0. The number of aliphatic carboxylic acids is 1. The molecule has 0 aromatic carbocycles. The number of hydrogen-bond acceptors (Lipinski definition) is 6. The molecule has 1 rings (SSSR count). The maximum atomic E-state index is 12.3. The van der Waals surface area contributed by atoms with Crippen molar-refractivity contribution in [1.29, 1.82) is 0 Å². The Hall–Kier alpha value is 0.662. The van der Waals surface area contributed by atoms with Crippen LogP contribution in [0.1, 0.15) is 20.3 Å². The summed E-state index contributed by atoms with van der Waals surface area (Å²) in [5.41, 5.74) is 0. The molecule has 0 unspecified atom stereocenters. The van der Waals surface area contributed by atoms with Crippen molar-refractivity contribution in [1.82, 2.24) is 9.62 Å². The molecule has 0 aromatic rings. The molecule has 0 spiro atoms. The summed E-state index contributed by atoms with van der Waals surface area (Å²) in [6.45, 7) is 10.2. The van der Waals surface area contributed by atoms with Gasteiger partial charge in [0.15, 0.2) is 0 Å². The zero-order valence-corrected chi connectivity index (χ0v) is 21.0. The Morgan fingerprint density at radius 3 is 2.25 bits per heavy atom. The first-order valence-corrected chi connectivity index (χ1v) is 9.01. The predicted octanol–water partition coefficient (Wildman–Crippen LogP) is -0.386. The van der Waals surface area contributed by atoms with Crippen LogP contribution in [0.2, 0.25) is 0 Å². The Morgan fingerprint density at radius 1 is 1.46 bits per heavy atom. The van der Waals surface area contributed by atoms with Gasteiger partial charge in [-0.05, 0) is 13.8 Å². The minimum Gasteiger partial charge on any atom is -0.545 e. The van der Waals surface area contributed by atoms with E-state index in [0.717, 1.165) is 10.6 Å². The molecule has 2 atom stereocenters. The number of sulfonamides is 1. The standard InChI is InChI=1S/C11H19N2O5S2.CHO.W.Y/c1-5-7(10(15)16)12-9(14)8-11(2,3)19-6-13(8)20(4,17)18;1-2;;/h7-8H,1,5-6H2,2-4H3,(H,12,14)(H,15,16);1H;;/q2*-1;;/t7-,8+;;;/m0.../s1. The van der Waals surface area contributed by atoms with Crippen LogP contribution in [0.3, 0.4) is 0 Å². The van der Waals surface area contributed by atoms with E-state index in [0.29, 0.717) is 0 Å². The molecular formula is C12H20N2O6S2WY-2. The summed E-state index contributed by atoms with van der Waals surface area (Å²) < 4.78 is 23.9. The first-order valence-electron chi connectivity index (χ1n) is 6.17. The van der Waals surface area contributed by atoms with Gasteiger partial charge >= 0.3 is 5.97 Å². The maximum absolute atomic E-state index is 12.3. The number of nitrogens with one attached hydrogen (secondary N) is 1. The van der Waals surface area contributed by atoms with Crippen LogP contribution < -0.4 is 5.32 Å². The number of hydrogen-bond donors (Lipinski definition) is 2. The number of carbonyl (C=O) groups excluding carboxylic acids is 2. The normalized spacial score (nSPS) is 20.4. The van der Waals surface area contributed by atoms with E-state index in [2.05, 4.69) is 19.0 Å². The van der Waals surface area contributed by atoms with E-state index in [4.69, 9.17) is 9.90 Å². The third-order valence-corrected chi connectivity index (χ3v) is 5.82. The molecule has 1 radical (unpaired) electrons. The van der Waals surface area contributed by atoms with Gasteiger partial charge in [0, 0.05) is 58.5 Å². The Balaban J connectivity index is -0.00000106. The predicted molar refractivity (Wildman–Crippen MR) is 83.3 cm³/mol. The monoisotopic (exact) mass is 625 g/mol. The average Bonchev–Trinajstić information content (AvgIpc) is 2.73. The minimum absolute atomic E-state index is 0. The van der Waals surface area contributed by atoms with E-state index in [1.54, 1.807) is 13.8 Å². The summed E-state index contributed by atoms with van der Waals surface area (Å²) in [4.78, 5) is 30.9. The van der Waals surface area contributed by atoms with E-state index >= 15 is 0 Å². The average molecular weight is 625 g/mol. The molecule has 24 heavy (non-hydrogen) atoms. The fourth-order valence-electron chi connectivity index (χ4n) is 1.97. The summed E-state index contributed by atoms with van der Waals surface area (Å²) in [5, 5.41) is 11.3. The van der Waals surface area contributed by atoms with Gasteiger partial charge in [-0.2, -0.15) is 10.7 Å². The van der Waals surface area contributed by atoms with Gasteiger partial charge < -0.3 is 22.1 Å². The summed E-state index contributed by atoms with van der Waals surface area (Å²) in [7, 11) is -3.54. The van der Waals surface area contributed by atoms with Gasteiger partial charge in [-0.15, -0.1) is 11.8 Å². The van der Waals surface area contributed by atoms with E-state index in [-0.39, 0.29) is 66.1 Å². The van der Waals surface area contributed by atoms with Gasteiger partial charge in [0.25, 0.3) is 0 Å². The van der Waals surface area contributed by atoms with Crippen LogP contribution in [-0.2, 0) is 78.2 Å². The second-order valence-corrected chi connectivity index (χ2v) is 8.65. The summed E-state index contributed by atoms with van der Waals surface area (Å²) in [6.07, 6.45) is 1.02. The Bertz CT molecular complexity index is 532. The van der Waals surface area contributed by atoms with Crippen molar-refractivity contribution in [3.8, 4) is 0 Å². The third kappa shape index (κ3) is 7.91. The SMILES string of the molecule is [CH-]=O.[CH2-]C[C@H](NC(=O)[C@H]1N(S(C)(=O)=O)CSC1(C)C)C(=O)O.[W].[Y]. The van der Waals surface area contributed by atoms with Crippen LogP contribution in [0.4, 0.5) is 0 Å². The van der Waals surface area contributed by atoms with Crippen LogP contribution in [0.5, 0.6) is 0 Å². The number of amides is 1. The largest absolute Gasteiger partial charge is 0.545 e. The summed E-state index contributed by atoms with van der Waals surface area (Å²) >= 11 is 1.34. The molecule has 0 aliphatic carbocycles. The number of carboxylic acid groups (broad SMARTS) is 1. The van der Waals surface area contributed by atoms with Gasteiger partial charge in [0.2, 0.25) is 15.9 Å². The van der Waals surface area contributed by atoms with Crippen molar-refractivity contribution in [2.24, 2.45) is 0 Å². The molecule has 0 aromatic heterocycles. The van der Waals surface area contributed by atoms with Crippen molar-refractivity contribution in [3.63, 3.8) is 0 Å². The van der Waals surface area contributed by atoms with E-state index in [1.807, 2.05) is 0 Å². The minimum atomic E-state index is -3.54. The van der Waals surface area contributed by atoms with Gasteiger partial charge in [-0.1, -0.05) is 0 Å². The van der Waals surface area contributed by atoms with Gasteiger partial charge in [0.05, 0.1) is 18.2 Å². The smallest absolute Gasteiger partial charge is 0.323 e. The Labute approximate surface area is 186 Å². The van der Waals surface area contributed by atoms with E-state index < -0.39 is 38.7 Å². The number of carbonyl (C=O) groups is 2. The molecule has 0 saturated carbocycles. The molecule has 1 aliphatic heterocycles. The molecule has 1 saturated heterocycles. The second-order valence-electron chi connectivity index (χ2n) is 5.12. The molecule has 0 bridgehead atoms. The van der Waals surface area contributed by atoms with Crippen molar-refractivity contribution in [2.45, 2.75) is 37.1 Å². The molecule has 12 heteroatoms. The quantitative estimate of drug-likeness (QED) is 0.316. The first kappa shape index (κ1) is 29.4. The fraction of sp³-hybridized carbons (Fsp3) is 0.667. The number of carboxylic acids is 1. The molecule has 1 aliphatic rings. The molecular weight excluding hydrogens is 605 g/mol. The Kier molecular flexibility index (Phi) is 14.9. The van der Waals surface area contributed by atoms with Gasteiger partial charge in [0.1, 0.15) is 6.04 Å². The van der Waals surface area contributed by atoms with E-state index in [1.165, 1.54) is 11.8 Å². The van der Waals surface area contributed by atoms with Gasteiger partial charge in [-0.25, -0.2) is 8.42 Å². The molecule has 1 fully saturated rings. The zero-order valence-electron chi connectivity index (χ0n) is 13.6. The van der Waals surface area contributed by atoms with Crippen molar-refractivity contribution in [2.75, 3.05) is 12.1 Å². The van der Waals surface area contributed by atoms with Crippen molar-refractivity contribution < 1.29 is 81.7 Å². The summed E-state index contributed by atoms with van der Waals surface area (Å²) in [5.74, 6) is -1.63. The zero-order chi connectivity index (χ0) is 17.7.